The van der Waals surface area contributed by atoms with Crippen LogP contribution in [0.2, 0.25) is 5.15 Å². The van der Waals surface area contributed by atoms with E-state index in [0.717, 1.165) is 25.9 Å². The van der Waals surface area contributed by atoms with Gasteiger partial charge in [0.05, 0.1) is 12.1 Å². The Morgan fingerprint density at radius 2 is 2.14 bits per heavy atom. The van der Waals surface area contributed by atoms with Crippen molar-refractivity contribution in [3.05, 3.63) is 29.0 Å². The molecule has 1 amide bonds. The zero-order chi connectivity index (χ0) is 15.2. The van der Waals surface area contributed by atoms with E-state index in [1.807, 2.05) is 0 Å². The number of nitrogens with zero attached hydrogens (tertiary/aromatic N) is 4. The molecule has 1 fully saturated rings. The van der Waals surface area contributed by atoms with Gasteiger partial charge in [0.15, 0.2) is 0 Å². The van der Waals surface area contributed by atoms with Gasteiger partial charge in [-0.15, -0.1) is 0 Å². The summed E-state index contributed by atoms with van der Waals surface area (Å²) in [6.07, 6.45) is 1.87. The molecule has 2 heterocycles. The van der Waals surface area contributed by atoms with Gasteiger partial charge in [0.25, 0.3) is 5.91 Å². The third-order valence-electron chi connectivity index (χ3n) is 3.69. The Bertz CT molecular complexity index is 535. The summed E-state index contributed by atoms with van der Waals surface area (Å²) in [7, 11) is 0. The fourth-order valence-corrected chi connectivity index (χ4v) is 2.69. The molecule has 1 saturated heterocycles. The molecule has 0 bridgehead atoms. The summed E-state index contributed by atoms with van der Waals surface area (Å²) in [6.45, 7) is 4.77. The number of halogens is 1. The second kappa shape index (κ2) is 7.39. The lowest BCUT2D eigenvalue weighted by molar-refractivity contribution is 0.0595. The van der Waals surface area contributed by atoms with Gasteiger partial charge >= 0.3 is 0 Å². The maximum atomic E-state index is 12.3. The Morgan fingerprint density at radius 3 is 2.71 bits per heavy atom. The quantitative estimate of drug-likeness (QED) is 0.800. The molecular formula is C15H19ClN4O. The first kappa shape index (κ1) is 15.7. The normalized spacial score (nSPS) is 17.3. The molecule has 0 aromatic carbocycles. The molecule has 0 N–H and O–H groups in total. The number of hydrogen-bond acceptors (Lipinski definition) is 4. The number of rotatable bonds is 4. The fourth-order valence-electron chi connectivity index (χ4n) is 2.53. The van der Waals surface area contributed by atoms with Gasteiger partial charge in [-0.3, -0.25) is 9.69 Å². The average molecular weight is 307 g/mol. The van der Waals surface area contributed by atoms with Crippen molar-refractivity contribution >= 4 is 17.5 Å². The van der Waals surface area contributed by atoms with Crippen LogP contribution in [0.4, 0.5) is 0 Å². The topological polar surface area (TPSA) is 60.2 Å². The molecule has 1 aliphatic heterocycles. The number of carbonyl (C=O) groups is 1. The van der Waals surface area contributed by atoms with Gasteiger partial charge in [0.1, 0.15) is 10.8 Å². The fraction of sp³-hybridized carbons (Fsp3) is 0.533. The number of hydrogen-bond donors (Lipinski definition) is 0. The molecule has 0 spiro atoms. The molecule has 0 saturated carbocycles. The molecule has 6 heteroatoms. The summed E-state index contributed by atoms with van der Waals surface area (Å²) in [6, 6.07) is 7.36. The number of amides is 1. The predicted molar refractivity (Wildman–Crippen MR) is 81.0 cm³/mol. The average Bonchev–Trinajstić information content (AvgIpc) is 2.52. The third-order valence-corrected chi connectivity index (χ3v) is 3.90. The van der Waals surface area contributed by atoms with Gasteiger partial charge in [-0.1, -0.05) is 31.0 Å². The smallest absolute Gasteiger partial charge is 0.272 e. The van der Waals surface area contributed by atoms with Crippen LogP contribution in [0, 0.1) is 11.3 Å². The molecule has 1 unspecified atom stereocenters. The molecule has 1 aromatic heterocycles. The van der Waals surface area contributed by atoms with Gasteiger partial charge in [-0.2, -0.15) is 5.26 Å². The Balaban J connectivity index is 1.95. The van der Waals surface area contributed by atoms with Crippen LogP contribution in [0.1, 0.15) is 30.3 Å². The van der Waals surface area contributed by atoms with E-state index in [1.54, 1.807) is 23.1 Å². The summed E-state index contributed by atoms with van der Waals surface area (Å²) in [4.78, 5) is 20.3. The molecule has 1 aromatic rings. The second-order valence-corrected chi connectivity index (χ2v) is 5.49. The summed E-state index contributed by atoms with van der Waals surface area (Å²) < 4.78 is 0. The van der Waals surface area contributed by atoms with Crippen LogP contribution in [-0.4, -0.2) is 52.9 Å². The molecule has 5 nitrogen and oxygen atoms in total. The van der Waals surface area contributed by atoms with Gasteiger partial charge in [-0.25, -0.2) is 4.98 Å². The SMILES string of the molecule is CCCC(C#N)N1CCN(C(=O)c2cccc(Cl)n2)CC1. The van der Waals surface area contributed by atoms with Crippen molar-refractivity contribution in [2.75, 3.05) is 26.2 Å². The largest absolute Gasteiger partial charge is 0.335 e. The van der Waals surface area contributed by atoms with Crippen LogP contribution in [0.5, 0.6) is 0 Å². The van der Waals surface area contributed by atoms with Crippen LogP contribution in [-0.2, 0) is 0 Å². The van der Waals surface area contributed by atoms with Crippen molar-refractivity contribution in [1.82, 2.24) is 14.8 Å². The van der Waals surface area contributed by atoms with Crippen molar-refractivity contribution in [2.45, 2.75) is 25.8 Å². The Kier molecular flexibility index (Phi) is 5.54. The number of carbonyl (C=O) groups excluding carboxylic acids is 1. The number of aromatic nitrogens is 1. The van der Waals surface area contributed by atoms with E-state index in [-0.39, 0.29) is 11.9 Å². The van der Waals surface area contributed by atoms with E-state index in [1.165, 1.54) is 0 Å². The lowest BCUT2D eigenvalue weighted by Gasteiger charge is -2.36. The van der Waals surface area contributed by atoms with Gasteiger partial charge < -0.3 is 4.90 Å². The maximum Gasteiger partial charge on any atom is 0.272 e. The number of piperazine rings is 1. The monoisotopic (exact) mass is 306 g/mol. The van der Waals surface area contributed by atoms with E-state index >= 15 is 0 Å². The highest BCUT2D eigenvalue weighted by molar-refractivity contribution is 6.29. The van der Waals surface area contributed by atoms with Crippen LogP contribution in [0.25, 0.3) is 0 Å². The first-order valence-electron chi connectivity index (χ1n) is 7.21. The molecule has 2 rings (SSSR count). The number of pyridine rings is 1. The molecular weight excluding hydrogens is 288 g/mol. The van der Waals surface area contributed by atoms with E-state index in [2.05, 4.69) is 22.9 Å². The lowest BCUT2D eigenvalue weighted by atomic mass is 10.1. The molecule has 0 aliphatic carbocycles. The highest BCUT2D eigenvalue weighted by Gasteiger charge is 2.26. The van der Waals surface area contributed by atoms with Crippen molar-refractivity contribution in [3.8, 4) is 6.07 Å². The van der Waals surface area contributed by atoms with Gasteiger partial charge in [-0.05, 0) is 18.6 Å². The predicted octanol–water partition coefficient (Wildman–Crippen LogP) is 2.19. The summed E-state index contributed by atoms with van der Waals surface area (Å²) >= 11 is 5.82. The van der Waals surface area contributed by atoms with E-state index in [9.17, 15) is 10.1 Å². The van der Waals surface area contributed by atoms with E-state index in [0.29, 0.717) is 23.9 Å². The third kappa shape index (κ3) is 3.93. The Morgan fingerprint density at radius 1 is 1.43 bits per heavy atom. The van der Waals surface area contributed by atoms with Crippen LogP contribution < -0.4 is 0 Å². The first-order chi connectivity index (χ1) is 10.2. The van der Waals surface area contributed by atoms with Crippen LogP contribution in [0.3, 0.4) is 0 Å². The summed E-state index contributed by atoms with van der Waals surface area (Å²) in [5.41, 5.74) is 0.376. The number of nitriles is 1. The van der Waals surface area contributed by atoms with Crippen molar-refractivity contribution in [1.29, 1.82) is 5.26 Å². The first-order valence-corrected chi connectivity index (χ1v) is 7.59. The van der Waals surface area contributed by atoms with Crippen LogP contribution >= 0.6 is 11.6 Å². The Hall–Kier alpha value is -1.64. The molecule has 1 aliphatic rings. The molecule has 0 radical (unpaired) electrons. The maximum absolute atomic E-state index is 12.3. The highest BCUT2D eigenvalue weighted by Crippen LogP contribution is 2.13. The lowest BCUT2D eigenvalue weighted by Crippen LogP contribution is -2.51. The summed E-state index contributed by atoms with van der Waals surface area (Å²) in [5.74, 6) is -0.0962. The van der Waals surface area contributed by atoms with Gasteiger partial charge in [0.2, 0.25) is 0 Å². The minimum atomic E-state index is -0.0962. The van der Waals surface area contributed by atoms with E-state index in [4.69, 9.17) is 11.6 Å². The molecule has 21 heavy (non-hydrogen) atoms. The zero-order valence-corrected chi connectivity index (χ0v) is 12.9. The van der Waals surface area contributed by atoms with Crippen molar-refractivity contribution in [2.24, 2.45) is 0 Å². The standard InChI is InChI=1S/C15H19ClN4O/c1-2-4-12(11-17)19-7-9-20(10-8-19)15(21)13-5-3-6-14(16)18-13/h3,5-6,12H,2,4,7-10H2,1H3. The van der Waals surface area contributed by atoms with E-state index < -0.39 is 0 Å². The Labute approximate surface area is 130 Å². The minimum absolute atomic E-state index is 0.0449. The summed E-state index contributed by atoms with van der Waals surface area (Å²) in [5, 5.41) is 9.52. The van der Waals surface area contributed by atoms with Gasteiger partial charge in [0, 0.05) is 26.2 Å². The van der Waals surface area contributed by atoms with Crippen molar-refractivity contribution < 1.29 is 4.79 Å². The van der Waals surface area contributed by atoms with Crippen LogP contribution in [0.15, 0.2) is 18.2 Å². The second-order valence-electron chi connectivity index (χ2n) is 5.11. The zero-order valence-electron chi connectivity index (χ0n) is 12.1. The van der Waals surface area contributed by atoms with Crippen molar-refractivity contribution in [3.63, 3.8) is 0 Å². The molecule has 112 valence electrons. The minimum Gasteiger partial charge on any atom is -0.335 e. The molecule has 1 atom stereocenters. The highest BCUT2D eigenvalue weighted by atomic mass is 35.5.